The quantitative estimate of drug-likeness (QED) is 0.812. The molecule has 24 heavy (non-hydrogen) atoms. The van der Waals surface area contributed by atoms with Gasteiger partial charge in [0.1, 0.15) is 0 Å². The van der Waals surface area contributed by atoms with Crippen molar-refractivity contribution >= 4 is 22.5 Å². The molecule has 0 radical (unpaired) electrons. The number of amides is 2. The van der Waals surface area contributed by atoms with Crippen LogP contribution in [-0.4, -0.2) is 22.6 Å². The van der Waals surface area contributed by atoms with Gasteiger partial charge in [0.25, 0.3) is 0 Å². The van der Waals surface area contributed by atoms with E-state index in [9.17, 15) is 4.79 Å². The summed E-state index contributed by atoms with van der Waals surface area (Å²) in [6.45, 7) is 2.81. The molecule has 2 aromatic heterocycles. The second-order valence-electron chi connectivity index (χ2n) is 5.66. The summed E-state index contributed by atoms with van der Waals surface area (Å²) < 4.78 is 5.46. The fourth-order valence-corrected chi connectivity index (χ4v) is 3.77. The SMILES string of the molecule is CCOc1ncccc1CNC(=O)Nc1nc2c(s1)CCCCC2. The fourth-order valence-electron chi connectivity index (χ4n) is 2.72. The lowest BCUT2D eigenvalue weighted by atomic mass is 10.2. The van der Waals surface area contributed by atoms with Crippen molar-refractivity contribution in [3.8, 4) is 5.88 Å². The maximum atomic E-state index is 12.1. The van der Waals surface area contributed by atoms with Crippen LogP contribution in [0.2, 0.25) is 0 Å². The highest BCUT2D eigenvalue weighted by molar-refractivity contribution is 7.15. The second kappa shape index (κ2) is 8.10. The van der Waals surface area contributed by atoms with Crippen molar-refractivity contribution in [2.75, 3.05) is 11.9 Å². The molecular formula is C17H22N4O2S. The number of aromatic nitrogens is 2. The van der Waals surface area contributed by atoms with E-state index in [2.05, 4.69) is 20.6 Å². The molecule has 2 amide bonds. The Labute approximate surface area is 145 Å². The van der Waals surface area contributed by atoms with Crippen LogP contribution in [0, 0.1) is 0 Å². The molecule has 0 atom stereocenters. The number of fused-ring (bicyclic) bond motifs is 1. The Morgan fingerprint density at radius 3 is 3.08 bits per heavy atom. The molecule has 2 heterocycles. The van der Waals surface area contributed by atoms with Crippen LogP contribution >= 0.6 is 11.3 Å². The van der Waals surface area contributed by atoms with E-state index in [0.717, 1.165) is 24.1 Å². The highest BCUT2D eigenvalue weighted by atomic mass is 32.1. The van der Waals surface area contributed by atoms with Crippen LogP contribution < -0.4 is 15.4 Å². The summed E-state index contributed by atoms with van der Waals surface area (Å²) in [5, 5.41) is 6.35. The molecule has 1 aliphatic rings. The van der Waals surface area contributed by atoms with E-state index < -0.39 is 0 Å². The number of nitrogens with zero attached hydrogens (tertiary/aromatic N) is 2. The van der Waals surface area contributed by atoms with Gasteiger partial charge in [0, 0.05) is 23.2 Å². The van der Waals surface area contributed by atoms with Gasteiger partial charge in [0.2, 0.25) is 5.88 Å². The lowest BCUT2D eigenvalue weighted by Gasteiger charge is -2.09. The number of pyridine rings is 1. The van der Waals surface area contributed by atoms with Gasteiger partial charge >= 0.3 is 6.03 Å². The Balaban J connectivity index is 1.56. The molecule has 2 aromatic rings. The second-order valence-corrected chi connectivity index (χ2v) is 6.74. The van der Waals surface area contributed by atoms with Gasteiger partial charge in [0.15, 0.2) is 5.13 Å². The largest absolute Gasteiger partial charge is 0.478 e. The maximum absolute atomic E-state index is 12.1. The normalized spacial score (nSPS) is 13.7. The molecule has 0 spiro atoms. The van der Waals surface area contributed by atoms with Crippen LogP contribution in [0.1, 0.15) is 42.3 Å². The molecule has 0 aromatic carbocycles. The Bertz CT molecular complexity index is 678. The first kappa shape index (κ1) is 16.7. The number of urea groups is 1. The lowest BCUT2D eigenvalue weighted by Crippen LogP contribution is -2.28. The number of ether oxygens (including phenoxy) is 1. The summed E-state index contributed by atoms with van der Waals surface area (Å²) in [4.78, 5) is 22.2. The highest BCUT2D eigenvalue weighted by Gasteiger charge is 2.15. The number of hydrogen-bond acceptors (Lipinski definition) is 5. The van der Waals surface area contributed by atoms with Crippen molar-refractivity contribution in [3.05, 3.63) is 34.5 Å². The van der Waals surface area contributed by atoms with E-state index in [0.29, 0.717) is 24.2 Å². The summed E-state index contributed by atoms with van der Waals surface area (Å²) in [6.07, 6.45) is 7.43. The summed E-state index contributed by atoms with van der Waals surface area (Å²) in [5.41, 5.74) is 2.00. The van der Waals surface area contributed by atoms with Gasteiger partial charge in [-0.2, -0.15) is 0 Å². The molecule has 0 aliphatic heterocycles. The molecule has 0 bridgehead atoms. The number of carbonyl (C=O) groups excluding carboxylic acids is 1. The van der Waals surface area contributed by atoms with Crippen LogP contribution in [0.5, 0.6) is 5.88 Å². The zero-order chi connectivity index (χ0) is 16.8. The molecular weight excluding hydrogens is 324 g/mol. The standard InChI is InChI=1S/C17H22N4O2S/c1-2-23-15-12(7-6-10-18-15)11-19-16(22)21-17-20-13-8-4-3-5-9-14(13)24-17/h6-7,10H,2-5,8-9,11H2,1H3,(H2,19,20,21,22). The Morgan fingerprint density at radius 2 is 2.21 bits per heavy atom. The first-order valence-electron chi connectivity index (χ1n) is 8.36. The fraction of sp³-hybridized carbons (Fsp3) is 0.471. The Morgan fingerprint density at radius 1 is 1.33 bits per heavy atom. The van der Waals surface area contributed by atoms with E-state index in [1.165, 1.54) is 24.1 Å². The molecule has 2 N–H and O–H groups in total. The minimum absolute atomic E-state index is 0.259. The average Bonchev–Trinajstić information content (AvgIpc) is 2.82. The number of carbonyl (C=O) groups is 1. The van der Waals surface area contributed by atoms with Gasteiger partial charge in [-0.3, -0.25) is 5.32 Å². The monoisotopic (exact) mass is 346 g/mol. The Kier molecular flexibility index (Phi) is 5.63. The lowest BCUT2D eigenvalue weighted by molar-refractivity contribution is 0.251. The molecule has 6 nitrogen and oxygen atoms in total. The van der Waals surface area contributed by atoms with Gasteiger partial charge in [-0.1, -0.05) is 12.5 Å². The average molecular weight is 346 g/mol. The zero-order valence-electron chi connectivity index (χ0n) is 13.8. The summed E-state index contributed by atoms with van der Waals surface area (Å²) in [6, 6.07) is 3.46. The molecule has 7 heteroatoms. The molecule has 0 saturated heterocycles. The topological polar surface area (TPSA) is 76.1 Å². The summed E-state index contributed by atoms with van der Waals surface area (Å²) in [7, 11) is 0. The predicted molar refractivity (Wildman–Crippen MR) is 94.6 cm³/mol. The molecule has 0 saturated carbocycles. The Hall–Kier alpha value is -2.15. The van der Waals surface area contributed by atoms with Gasteiger partial charge in [0.05, 0.1) is 12.3 Å². The molecule has 0 unspecified atom stereocenters. The molecule has 3 rings (SSSR count). The summed E-state index contributed by atoms with van der Waals surface area (Å²) in [5.74, 6) is 0.557. The minimum atomic E-state index is -0.259. The summed E-state index contributed by atoms with van der Waals surface area (Å²) >= 11 is 1.59. The van der Waals surface area contributed by atoms with E-state index in [-0.39, 0.29) is 6.03 Å². The van der Waals surface area contributed by atoms with Gasteiger partial charge < -0.3 is 10.1 Å². The predicted octanol–water partition coefficient (Wildman–Crippen LogP) is 3.53. The molecule has 1 aliphatic carbocycles. The number of hydrogen-bond donors (Lipinski definition) is 2. The third-order valence-corrected chi connectivity index (χ3v) is 4.96. The maximum Gasteiger partial charge on any atom is 0.321 e. The van der Waals surface area contributed by atoms with Crippen LogP contribution in [0.15, 0.2) is 18.3 Å². The van der Waals surface area contributed by atoms with E-state index in [4.69, 9.17) is 4.74 Å². The van der Waals surface area contributed by atoms with Crippen molar-refractivity contribution in [1.29, 1.82) is 0 Å². The van der Waals surface area contributed by atoms with Gasteiger partial charge in [-0.15, -0.1) is 11.3 Å². The number of rotatable bonds is 5. The number of thiazole rings is 1. The smallest absolute Gasteiger partial charge is 0.321 e. The third-order valence-electron chi connectivity index (χ3n) is 3.89. The van der Waals surface area contributed by atoms with Crippen molar-refractivity contribution in [1.82, 2.24) is 15.3 Å². The van der Waals surface area contributed by atoms with Crippen molar-refractivity contribution in [2.45, 2.75) is 45.6 Å². The van der Waals surface area contributed by atoms with E-state index in [1.807, 2.05) is 19.1 Å². The van der Waals surface area contributed by atoms with Crippen molar-refractivity contribution in [3.63, 3.8) is 0 Å². The first-order chi connectivity index (χ1) is 11.8. The van der Waals surface area contributed by atoms with Gasteiger partial charge in [-0.25, -0.2) is 14.8 Å². The van der Waals surface area contributed by atoms with E-state index in [1.54, 1.807) is 17.5 Å². The van der Waals surface area contributed by atoms with Crippen LogP contribution in [0.3, 0.4) is 0 Å². The molecule has 0 fully saturated rings. The minimum Gasteiger partial charge on any atom is -0.478 e. The third kappa shape index (κ3) is 4.23. The van der Waals surface area contributed by atoms with Gasteiger partial charge in [-0.05, 0) is 38.7 Å². The van der Waals surface area contributed by atoms with Crippen molar-refractivity contribution < 1.29 is 9.53 Å². The molecule has 128 valence electrons. The zero-order valence-corrected chi connectivity index (χ0v) is 14.6. The van der Waals surface area contributed by atoms with Crippen LogP contribution in [-0.2, 0) is 19.4 Å². The van der Waals surface area contributed by atoms with Crippen molar-refractivity contribution in [2.24, 2.45) is 0 Å². The number of nitrogens with one attached hydrogen (secondary N) is 2. The number of anilines is 1. The highest BCUT2D eigenvalue weighted by Crippen LogP contribution is 2.28. The van der Waals surface area contributed by atoms with Crippen LogP contribution in [0.4, 0.5) is 9.93 Å². The van der Waals surface area contributed by atoms with E-state index >= 15 is 0 Å². The van der Waals surface area contributed by atoms with Crippen LogP contribution in [0.25, 0.3) is 0 Å². The number of aryl methyl sites for hydroxylation is 2. The first-order valence-corrected chi connectivity index (χ1v) is 9.18.